The van der Waals surface area contributed by atoms with E-state index in [4.69, 9.17) is 5.73 Å². The van der Waals surface area contributed by atoms with Crippen LogP contribution in [0.4, 0.5) is 5.69 Å². The molecule has 3 N–H and O–H groups in total. The van der Waals surface area contributed by atoms with Crippen molar-refractivity contribution in [3.63, 3.8) is 0 Å². The number of nitrogens with two attached hydrogens (primary N) is 1. The average molecular weight is 361 g/mol. The van der Waals surface area contributed by atoms with Crippen LogP contribution in [0, 0.1) is 5.92 Å². The third-order valence-electron chi connectivity index (χ3n) is 4.88. The SMILES string of the molecule is CCCN(CC)c1ccc(C(=O)N2CCCC(C(=O)NCCN)C2)cc1. The van der Waals surface area contributed by atoms with E-state index < -0.39 is 0 Å². The molecule has 1 aromatic carbocycles. The Morgan fingerprint density at radius 2 is 2.00 bits per heavy atom. The summed E-state index contributed by atoms with van der Waals surface area (Å²) in [5, 5.41) is 2.83. The Morgan fingerprint density at radius 3 is 2.62 bits per heavy atom. The molecular weight excluding hydrogens is 328 g/mol. The van der Waals surface area contributed by atoms with Gasteiger partial charge in [-0.1, -0.05) is 6.92 Å². The van der Waals surface area contributed by atoms with Crippen molar-refractivity contribution in [2.45, 2.75) is 33.1 Å². The highest BCUT2D eigenvalue weighted by Gasteiger charge is 2.28. The van der Waals surface area contributed by atoms with Crippen molar-refractivity contribution in [3.8, 4) is 0 Å². The number of rotatable bonds is 8. The molecule has 1 atom stereocenters. The summed E-state index contributed by atoms with van der Waals surface area (Å²) in [5.74, 6) is -0.133. The summed E-state index contributed by atoms with van der Waals surface area (Å²) in [6.07, 6.45) is 2.77. The number of anilines is 1. The lowest BCUT2D eigenvalue weighted by Gasteiger charge is -2.32. The summed E-state index contributed by atoms with van der Waals surface area (Å²) >= 11 is 0. The maximum absolute atomic E-state index is 12.8. The zero-order valence-electron chi connectivity index (χ0n) is 16.0. The molecule has 0 aliphatic carbocycles. The van der Waals surface area contributed by atoms with Gasteiger partial charge in [0.1, 0.15) is 0 Å². The van der Waals surface area contributed by atoms with E-state index in [1.165, 1.54) is 0 Å². The number of benzene rings is 1. The van der Waals surface area contributed by atoms with E-state index >= 15 is 0 Å². The van der Waals surface area contributed by atoms with Crippen LogP contribution in [0.15, 0.2) is 24.3 Å². The molecule has 1 aliphatic rings. The van der Waals surface area contributed by atoms with E-state index in [1.54, 1.807) is 4.90 Å². The molecule has 0 aromatic heterocycles. The molecule has 0 spiro atoms. The number of hydrogen-bond acceptors (Lipinski definition) is 4. The third kappa shape index (κ3) is 5.21. The van der Waals surface area contributed by atoms with Crippen LogP contribution in [-0.4, -0.2) is 56.0 Å². The fraction of sp³-hybridized carbons (Fsp3) is 0.600. The Labute approximate surface area is 156 Å². The van der Waals surface area contributed by atoms with Gasteiger partial charge in [-0.05, 0) is 50.5 Å². The van der Waals surface area contributed by atoms with Gasteiger partial charge in [-0.25, -0.2) is 0 Å². The number of nitrogens with one attached hydrogen (secondary N) is 1. The highest BCUT2D eigenvalue weighted by Crippen LogP contribution is 2.21. The minimum absolute atomic E-state index is 0.00134. The lowest BCUT2D eigenvalue weighted by Crippen LogP contribution is -2.46. The van der Waals surface area contributed by atoms with Gasteiger partial charge >= 0.3 is 0 Å². The van der Waals surface area contributed by atoms with Crippen LogP contribution in [-0.2, 0) is 4.79 Å². The van der Waals surface area contributed by atoms with Crippen LogP contribution in [0.5, 0.6) is 0 Å². The lowest BCUT2D eigenvalue weighted by atomic mass is 9.96. The zero-order chi connectivity index (χ0) is 18.9. The standard InChI is InChI=1S/C20H32N4O2/c1-3-13-23(4-2)18-9-7-16(8-10-18)20(26)24-14-5-6-17(15-24)19(25)22-12-11-21/h7-10,17H,3-6,11-15,21H2,1-2H3,(H,22,25). The van der Waals surface area contributed by atoms with Crippen molar-refractivity contribution in [1.82, 2.24) is 10.2 Å². The normalized spacial score (nSPS) is 17.0. The molecule has 1 fully saturated rings. The second-order valence-corrected chi connectivity index (χ2v) is 6.80. The molecule has 2 amide bonds. The Bertz CT molecular complexity index is 588. The first-order chi connectivity index (χ1) is 12.6. The smallest absolute Gasteiger partial charge is 0.253 e. The van der Waals surface area contributed by atoms with Crippen molar-refractivity contribution in [3.05, 3.63) is 29.8 Å². The number of carbonyl (C=O) groups is 2. The summed E-state index contributed by atoms with van der Waals surface area (Å²) in [5.41, 5.74) is 7.26. The Balaban J connectivity index is 2.00. The maximum Gasteiger partial charge on any atom is 0.253 e. The molecule has 0 radical (unpaired) electrons. The van der Waals surface area contributed by atoms with Gasteiger partial charge in [0, 0.05) is 50.5 Å². The summed E-state index contributed by atoms with van der Waals surface area (Å²) in [4.78, 5) is 29.1. The van der Waals surface area contributed by atoms with Gasteiger partial charge in [-0.2, -0.15) is 0 Å². The van der Waals surface area contributed by atoms with Crippen LogP contribution < -0.4 is 16.0 Å². The summed E-state index contributed by atoms with van der Waals surface area (Å²) < 4.78 is 0. The van der Waals surface area contributed by atoms with Crippen molar-refractivity contribution in [2.75, 3.05) is 44.2 Å². The maximum atomic E-state index is 12.8. The van der Waals surface area contributed by atoms with Crippen molar-refractivity contribution in [1.29, 1.82) is 0 Å². The van der Waals surface area contributed by atoms with E-state index in [0.717, 1.165) is 38.0 Å². The number of hydrogen-bond donors (Lipinski definition) is 2. The molecule has 0 saturated carbocycles. The molecule has 1 saturated heterocycles. The van der Waals surface area contributed by atoms with Crippen LogP contribution in [0.2, 0.25) is 0 Å². The first-order valence-electron chi connectivity index (χ1n) is 9.72. The molecule has 144 valence electrons. The molecule has 1 unspecified atom stereocenters. The minimum atomic E-state index is -0.140. The molecule has 1 aromatic rings. The monoisotopic (exact) mass is 360 g/mol. The molecule has 1 aliphatic heterocycles. The number of carbonyl (C=O) groups excluding carboxylic acids is 2. The number of nitrogens with zero attached hydrogens (tertiary/aromatic N) is 2. The fourth-order valence-corrected chi connectivity index (χ4v) is 3.45. The number of likely N-dealkylation sites (tertiary alicyclic amines) is 1. The van der Waals surface area contributed by atoms with E-state index in [2.05, 4.69) is 24.1 Å². The zero-order valence-corrected chi connectivity index (χ0v) is 16.0. The highest BCUT2D eigenvalue weighted by molar-refractivity contribution is 5.95. The summed E-state index contributed by atoms with van der Waals surface area (Å²) in [6, 6.07) is 7.83. The first kappa shape index (κ1) is 20.2. The molecular formula is C20H32N4O2. The van der Waals surface area contributed by atoms with Crippen molar-refractivity contribution < 1.29 is 9.59 Å². The predicted octanol–water partition coefficient (Wildman–Crippen LogP) is 1.85. The van der Waals surface area contributed by atoms with Crippen molar-refractivity contribution in [2.24, 2.45) is 11.7 Å². The molecule has 1 heterocycles. The Morgan fingerprint density at radius 1 is 1.27 bits per heavy atom. The van der Waals surface area contributed by atoms with Gasteiger partial charge in [0.25, 0.3) is 5.91 Å². The average Bonchev–Trinajstić information content (AvgIpc) is 2.70. The first-order valence-corrected chi connectivity index (χ1v) is 9.72. The van der Waals surface area contributed by atoms with Crippen molar-refractivity contribution >= 4 is 17.5 Å². The quantitative estimate of drug-likeness (QED) is 0.742. The Kier molecular flexibility index (Phi) is 7.91. The van der Waals surface area contributed by atoms with Gasteiger partial charge in [-0.3, -0.25) is 9.59 Å². The molecule has 2 rings (SSSR count). The number of amides is 2. The van der Waals surface area contributed by atoms with Crippen LogP contribution in [0.3, 0.4) is 0 Å². The molecule has 6 heteroatoms. The van der Waals surface area contributed by atoms with Crippen LogP contribution in [0.1, 0.15) is 43.5 Å². The van der Waals surface area contributed by atoms with Gasteiger partial charge in [0.05, 0.1) is 5.92 Å². The molecule has 6 nitrogen and oxygen atoms in total. The third-order valence-corrected chi connectivity index (χ3v) is 4.88. The summed E-state index contributed by atoms with van der Waals surface area (Å²) in [6.45, 7) is 8.36. The highest BCUT2D eigenvalue weighted by atomic mass is 16.2. The van der Waals surface area contributed by atoms with Gasteiger partial charge < -0.3 is 20.9 Å². The largest absolute Gasteiger partial charge is 0.372 e. The van der Waals surface area contributed by atoms with E-state index in [-0.39, 0.29) is 17.7 Å². The topological polar surface area (TPSA) is 78.7 Å². The second-order valence-electron chi connectivity index (χ2n) is 6.80. The summed E-state index contributed by atoms with van der Waals surface area (Å²) in [7, 11) is 0. The van der Waals surface area contributed by atoms with Gasteiger partial charge in [-0.15, -0.1) is 0 Å². The van der Waals surface area contributed by atoms with Crippen LogP contribution in [0.25, 0.3) is 0 Å². The Hall–Kier alpha value is -2.08. The lowest BCUT2D eigenvalue weighted by molar-refractivity contribution is -0.126. The molecule has 26 heavy (non-hydrogen) atoms. The van der Waals surface area contributed by atoms with Crippen LogP contribution >= 0.6 is 0 Å². The van der Waals surface area contributed by atoms with Gasteiger partial charge in [0.15, 0.2) is 0 Å². The fourth-order valence-electron chi connectivity index (χ4n) is 3.45. The minimum Gasteiger partial charge on any atom is -0.372 e. The predicted molar refractivity (Wildman–Crippen MR) is 105 cm³/mol. The second kappa shape index (κ2) is 10.2. The van der Waals surface area contributed by atoms with E-state index in [1.807, 2.05) is 24.3 Å². The van der Waals surface area contributed by atoms with E-state index in [9.17, 15) is 9.59 Å². The number of piperidine rings is 1. The van der Waals surface area contributed by atoms with Gasteiger partial charge in [0.2, 0.25) is 5.91 Å². The molecule has 0 bridgehead atoms. The van der Waals surface area contributed by atoms with E-state index in [0.29, 0.717) is 31.7 Å².